The molecule has 0 heterocycles. The van der Waals surface area contributed by atoms with Gasteiger partial charge in [0.2, 0.25) is 0 Å². The summed E-state index contributed by atoms with van der Waals surface area (Å²) >= 11 is 0. The Morgan fingerprint density at radius 2 is 1.78 bits per heavy atom. The van der Waals surface area contributed by atoms with Gasteiger partial charge in [0.25, 0.3) is 5.69 Å². The number of para-hydroxylation sites is 1. The number of hydrogen-bond donors (Lipinski definition) is 0. The Labute approximate surface area is 105 Å². The molecule has 0 radical (unpaired) electrons. The molecular weight excluding hydrogens is 230 g/mol. The summed E-state index contributed by atoms with van der Waals surface area (Å²) in [7, 11) is 0. The molecule has 0 fully saturated rings. The Kier molecular flexibility index (Phi) is 3.57. The zero-order chi connectivity index (χ0) is 13.0. The van der Waals surface area contributed by atoms with Gasteiger partial charge in [-0.2, -0.15) is 0 Å². The molecule has 0 saturated carbocycles. The van der Waals surface area contributed by atoms with E-state index in [4.69, 9.17) is 4.74 Å². The molecule has 0 unspecified atom stereocenters. The van der Waals surface area contributed by atoms with Gasteiger partial charge in [-0.05, 0) is 30.7 Å². The summed E-state index contributed by atoms with van der Waals surface area (Å²) < 4.78 is 5.54. The SMILES string of the molecule is CCOc1ccccc1-c1ccc([N+](=O)[O-])cc1. The zero-order valence-corrected chi connectivity index (χ0v) is 10.00. The number of non-ortho nitro benzene ring substituents is 1. The molecule has 2 rings (SSSR count). The number of nitro groups is 1. The van der Waals surface area contributed by atoms with Gasteiger partial charge < -0.3 is 4.74 Å². The topological polar surface area (TPSA) is 52.4 Å². The number of hydrogen-bond acceptors (Lipinski definition) is 3. The fourth-order valence-corrected chi connectivity index (χ4v) is 1.75. The van der Waals surface area contributed by atoms with Crippen LogP contribution in [0.5, 0.6) is 5.75 Å². The van der Waals surface area contributed by atoms with E-state index in [1.165, 1.54) is 12.1 Å². The Balaban J connectivity index is 2.39. The molecule has 92 valence electrons. The molecule has 4 nitrogen and oxygen atoms in total. The van der Waals surface area contributed by atoms with E-state index in [9.17, 15) is 10.1 Å². The van der Waals surface area contributed by atoms with Crippen molar-refractivity contribution in [3.05, 3.63) is 58.6 Å². The number of rotatable bonds is 4. The molecule has 0 spiro atoms. The number of ether oxygens (including phenoxy) is 1. The number of benzene rings is 2. The Morgan fingerprint density at radius 3 is 2.39 bits per heavy atom. The van der Waals surface area contributed by atoms with Crippen molar-refractivity contribution in [1.82, 2.24) is 0 Å². The first-order valence-corrected chi connectivity index (χ1v) is 5.69. The van der Waals surface area contributed by atoms with Crippen LogP contribution in [-0.4, -0.2) is 11.5 Å². The van der Waals surface area contributed by atoms with E-state index >= 15 is 0 Å². The van der Waals surface area contributed by atoms with E-state index in [0.29, 0.717) is 6.61 Å². The molecule has 0 N–H and O–H groups in total. The number of nitro benzene ring substituents is 1. The minimum atomic E-state index is -0.405. The summed E-state index contributed by atoms with van der Waals surface area (Å²) in [5, 5.41) is 10.6. The van der Waals surface area contributed by atoms with E-state index in [1.54, 1.807) is 12.1 Å². The molecule has 0 aromatic heterocycles. The average molecular weight is 243 g/mol. The average Bonchev–Trinajstić information content (AvgIpc) is 2.40. The summed E-state index contributed by atoms with van der Waals surface area (Å²) in [5.41, 5.74) is 1.94. The van der Waals surface area contributed by atoms with Gasteiger partial charge in [0.15, 0.2) is 0 Å². The maximum atomic E-state index is 10.6. The van der Waals surface area contributed by atoms with Crippen LogP contribution in [0.2, 0.25) is 0 Å². The largest absolute Gasteiger partial charge is 0.493 e. The third-order valence-electron chi connectivity index (χ3n) is 2.58. The van der Waals surface area contributed by atoms with Crippen LogP contribution < -0.4 is 4.74 Å². The van der Waals surface area contributed by atoms with Crippen molar-refractivity contribution in [2.45, 2.75) is 6.92 Å². The van der Waals surface area contributed by atoms with Crippen LogP contribution in [0.4, 0.5) is 5.69 Å². The van der Waals surface area contributed by atoms with Gasteiger partial charge in [0.05, 0.1) is 11.5 Å². The normalized spacial score (nSPS) is 10.1. The van der Waals surface area contributed by atoms with Gasteiger partial charge in [-0.25, -0.2) is 0 Å². The summed E-state index contributed by atoms with van der Waals surface area (Å²) in [4.78, 5) is 10.2. The fourth-order valence-electron chi connectivity index (χ4n) is 1.75. The van der Waals surface area contributed by atoms with E-state index < -0.39 is 4.92 Å². The molecule has 0 atom stereocenters. The van der Waals surface area contributed by atoms with Crippen molar-refractivity contribution in [3.63, 3.8) is 0 Å². The highest BCUT2D eigenvalue weighted by molar-refractivity contribution is 5.71. The first kappa shape index (κ1) is 12.1. The minimum Gasteiger partial charge on any atom is -0.493 e. The van der Waals surface area contributed by atoms with Crippen LogP contribution in [-0.2, 0) is 0 Å². The van der Waals surface area contributed by atoms with Gasteiger partial charge in [-0.3, -0.25) is 10.1 Å². The lowest BCUT2D eigenvalue weighted by atomic mass is 10.0. The van der Waals surface area contributed by atoms with Gasteiger partial charge >= 0.3 is 0 Å². The summed E-state index contributed by atoms with van der Waals surface area (Å²) in [6, 6.07) is 14.1. The van der Waals surface area contributed by atoms with Crippen molar-refractivity contribution in [2.75, 3.05) is 6.61 Å². The second kappa shape index (κ2) is 5.31. The molecule has 2 aromatic rings. The Morgan fingerprint density at radius 1 is 1.11 bits per heavy atom. The highest BCUT2D eigenvalue weighted by atomic mass is 16.6. The minimum absolute atomic E-state index is 0.0904. The molecule has 0 aliphatic rings. The van der Waals surface area contributed by atoms with Crippen LogP contribution >= 0.6 is 0 Å². The van der Waals surface area contributed by atoms with E-state index in [0.717, 1.165) is 16.9 Å². The van der Waals surface area contributed by atoms with Crippen LogP contribution in [0.15, 0.2) is 48.5 Å². The standard InChI is InChI=1S/C14H13NO3/c1-2-18-14-6-4-3-5-13(14)11-7-9-12(10-8-11)15(16)17/h3-10H,2H2,1H3. The first-order chi connectivity index (χ1) is 8.72. The van der Waals surface area contributed by atoms with Crippen molar-refractivity contribution >= 4 is 5.69 Å². The molecule has 18 heavy (non-hydrogen) atoms. The molecule has 2 aromatic carbocycles. The second-order valence-corrected chi connectivity index (χ2v) is 3.73. The third-order valence-corrected chi connectivity index (χ3v) is 2.58. The van der Waals surface area contributed by atoms with Gasteiger partial charge in [0.1, 0.15) is 5.75 Å². The van der Waals surface area contributed by atoms with Crippen molar-refractivity contribution in [1.29, 1.82) is 0 Å². The number of nitrogens with zero attached hydrogens (tertiary/aromatic N) is 1. The van der Waals surface area contributed by atoms with Gasteiger partial charge in [-0.15, -0.1) is 0 Å². The predicted octanol–water partition coefficient (Wildman–Crippen LogP) is 3.66. The molecular formula is C14H13NO3. The summed E-state index contributed by atoms with van der Waals surface area (Å²) in [6.45, 7) is 2.51. The summed E-state index contributed by atoms with van der Waals surface area (Å²) in [5.74, 6) is 0.786. The smallest absolute Gasteiger partial charge is 0.269 e. The van der Waals surface area contributed by atoms with Crippen LogP contribution in [0, 0.1) is 10.1 Å². The quantitative estimate of drug-likeness (QED) is 0.608. The lowest BCUT2D eigenvalue weighted by Crippen LogP contribution is -1.94. The monoisotopic (exact) mass is 243 g/mol. The fraction of sp³-hybridized carbons (Fsp3) is 0.143. The van der Waals surface area contributed by atoms with Gasteiger partial charge in [0, 0.05) is 17.7 Å². The van der Waals surface area contributed by atoms with Crippen molar-refractivity contribution in [3.8, 4) is 16.9 Å². The predicted molar refractivity (Wildman–Crippen MR) is 69.7 cm³/mol. The van der Waals surface area contributed by atoms with E-state index in [2.05, 4.69) is 0 Å². The van der Waals surface area contributed by atoms with Crippen LogP contribution in [0.3, 0.4) is 0 Å². The maximum absolute atomic E-state index is 10.6. The van der Waals surface area contributed by atoms with Crippen LogP contribution in [0.1, 0.15) is 6.92 Å². The lowest BCUT2D eigenvalue weighted by molar-refractivity contribution is -0.384. The van der Waals surface area contributed by atoms with Gasteiger partial charge in [-0.1, -0.05) is 18.2 Å². The molecule has 0 bridgehead atoms. The first-order valence-electron chi connectivity index (χ1n) is 5.69. The molecule has 0 saturated heterocycles. The lowest BCUT2D eigenvalue weighted by Gasteiger charge is -2.09. The highest BCUT2D eigenvalue weighted by Gasteiger charge is 2.08. The van der Waals surface area contributed by atoms with Crippen LogP contribution in [0.25, 0.3) is 11.1 Å². The Hall–Kier alpha value is -2.36. The molecule has 0 amide bonds. The molecule has 0 aliphatic heterocycles. The van der Waals surface area contributed by atoms with E-state index in [-0.39, 0.29) is 5.69 Å². The van der Waals surface area contributed by atoms with E-state index in [1.807, 2.05) is 31.2 Å². The summed E-state index contributed by atoms with van der Waals surface area (Å²) in [6.07, 6.45) is 0. The Bertz CT molecular complexity index is 549. The zero-order valence-electron chi connectivity index (χ0n) is 10.00. The third kappa shape index (κ3) is 2.48. The molecule has 0 aliphatic carbocycles. The van der Waals surface area contributed by atoms with Crippen molar-refractivity contribution < 1.29 is 9.66 Å². The van der Waals surface area contributed by atoms with Crippen molar-refractivity contribution in [2.24, 2.45) is 0 Å². The maximum Gasteiger partial charge on any atom is 0.269 e. The molecule has 4 heteroatoms. The highest BCUT2D eigenvalue weighted by Crippen LogP contribution is 2.30. The second-order valence-electron chi connectivity index (χ2n) is 3.73.